The van der Waals surface area contributed by atoms with Crippen LogP contribution >= 0.6 is 0 Å². The van der Waals surface area contributed by atoms with E-state index in [2.05, 4.69) is 15.6 Å². The van der Waals surface area contributed by atoms with Crippen LogP contribution < -0.4 is 21.1 Å². The molecule has 4 N–H and O–H groups in total. The minimum atomic E-state index is -0.186. The molecule has 0 spiro atoms. The van der Waals surface area contributed by atoms with Gasteiger partial charge in [-0.25, -0.2) is 4.98 Å². The summed E-state index contributed by atoms with van der Waals surface area (Å²) < 4.78 is 10.8. The molecular weight excluding hydrogens is 272 g/mol. The molecule has 21 heavy (non-hydrogen) atoms. The number of nitrogens with zero attached hydrogens (tertiary/aromatic N) is 1. The minimum Gasteiger partial charge on any atom is -0.482 e. The molecule has 7 heteroatoms. The Kier molecular flexibility index (Phi) is 3.17. The van der Waals surface area contributed by atoms with E-state index in [9.17, 15) is 4.79 Å². The van der Waals surface area contributed by atoms with Crippen LogP contribution in [0.2, 0.25) is 0 Å². The van der Waals surface area contributed by atoms with E-state index in [1.54, 1.807) is 18.3 Å². The van der Waals surface area contributed by atoms with Gasteiger partial charge in [0.2, 0.25) is 5.89 Å². The van der Waals surface area contributed by atoms with Crippen LogP contribution in [0, 0.1) is 6.92 Å². The van der Waals surface area contributed by atoms with Gasteiger partial charge in [-0.05, 0) is 19.9 Å². The Hall–Kier alpha value is -2.70. The van der Waals surface area contributed by atoms with E-state index in [0.29, 0.717) is 28.7 Å². The molecule has 1 unspecified atom stereocenters. The number of nitrogens with two attached hydrogens (primary N) is 1. The van der Waals surface area contributed by atoms with Gasteiger partial charge in [0.25, 0.3) is 5.91 Å². The summed E-state index contributed by atoms with van der Waals surface area (Å²) in [5.41, 5.74) is 7.81. The molecule has 110 valence electrons. The standard InChI is InChI=1S/C14H16N4O3/c1-7-5-16-14(21-7)8(2)17-10-4-11-12(3-9(10)15)20-6-13(19)18-11/h3-5,8,17H,6,15H2,1-2H3,(H,18,19). The van der Waals surface area contributed by atoms with Crippen LogP contribution in [-0.4, -0.2) is 17.5 Å². The molecule has 0 bridgehead atoms. The van der Waals surface area contributed by atoms with Gasteiger partial charge in [-0.1, -0.05) is 0 Å². The first-order chi connectivity index (χ1) is 10.0. The minimum absolute atomic E-state index is 0.00517. The van der Waals surface area contributed by atoms with Crippen molar-refractivity contribution in [3.05, 3.63) is 30.0 Å². The van der Waals surface area contributed by atoms with Crippen molar-refractivity contribution in [3.8, 4) is 5.75 Å². The summed E-state index contributed by atoms with van der Waals surface area (Å²) in [4.78, 5) is 15.5. The van der Waals surface area contributed by atoms with E-state index in [1.807, 2.05) is 13.8 Å². The molecule has 2 aromatic rings. The normalized spacial score (nSPS) is 14.9. The third-order valence-electron chi connectivity index (χ3n) is 3.17. The first-order valence-corrected chi connectivity index (χ1v) is 6.58. The number of nitrogens with one attached hydrogen (secondary N) is 2. The van der Waals surface area contributed by atoms with Crippen LogP contribution in [0.25, 0.3) is 0 Å². The lowest BCUT2D eigenvalue weighted by Gasteiger charge is -2.21. The van der Waals surface area contributed by atoms with Gasteiger partial charge in [-0.15, -0.1) is 0 Å². The molecule has 0 radical (unpaired) electrons. The van der Waals surface area contributed by atoms with Crippen molar-refractivity contribution in [2.24, 2.45) is 0 Å². The summed E-state index contributed by atoms with van der Waals surface area (Å²) in [6.07, 6.45) is 1.66. The van der Waals surface area contributed by atoms with Crippen molar-refractivity contribution < 1.29 is 13.9 Å². The molecule has 0 saturated heterocycles. The van der Waals surface area contributed by atoms with Crippen LogP contribution in [0.3, 0.4) is 0 Å². The Morgan fingerprint density at radius 3 is 3.00 bits per heavy atom. The Bertz CT molecular complexity index is 696. The number of oxazole rings is 1. The Morgan fingerprint density at radius 1 is 1.48 bits per heavy atom. The monoisotopic (exact) mass is 288 g/mol. The number of ether oxygens (including phenoxy) is 1. The summed E-state index contributed by atoms with van der Waals surface area (Å²) in [7, 11) is 0. The van der Waals surface area contributed by atoms with E-state index in [4.69, 9.17) is 14.9 Å². The summed E-state index contributed by atoms with van der Waals surface area (Å²) in [5.74, 6) is 1.70. The maximum atomic E-state index is 11.4. The average Bonchev–Trinajstić information content (AvgIpc) is 2.87. The number of hydrogen-bond acceptors (Lipinski definition) is 6. The fourth-order valence-corrected chi connectivity index (χ4v) is 2.13. The molecule has 3 rings (SSSR count). The maximum Gasteiger partial charge on any atom is 0.262 e. The molecule has 1 aromatic heterocycles. The molecule has 1 aliphatic rings. The number of benzene rings is 1. The van der Waals surface area contributed by atoms with Gasteiger partial charge in [-0.3, -0.25) is 4.79 Å². The van der Waals surface area contributed by atoms with Crippen molar-refractivity contribution in [3.63, 3.8) is 0 Å². The van der Waals surface area contributed by atoms with Gasteiger partial charge < -0.3 is 25.5 Å². The highest BCUT2D eigenvalue weighted by Gasteiger charge is 2.19. The SMILES string of the molecule is Cc1cnc(C(C)Nc2cc3c(cc2N)OCC(=O)N3)o1. The molecule has 1 atom stereocenters. The number of amides is 1. The lowest BCUT2D eigenvalue weighted by atomic mass is 10.2. The van der Waals surface area contributed by atoms with Crippen LogP contribution in [0.5, 0.6) is 5.75 Å². The average molecular weight is 288 g/mol. The number of aryl methyl sites for hydroxylation is 1. The lowest BCUT2D eigenvalue weighted by Crippen LogP contribution is -2.25. The van der Waals surface area contributed by atoms with Crippen LogP contribution in [0.15, 0.2) is 22.7 Å². The zero-order chi connectivity index (χ0) is 15.0. The number of anilines is 3. The summed E-state index contributed by atoms with van der Waals surface area (Å²) in [5, 5.41) is 5.96. The second-order valence-corrected chi connectivity index (χ2v) is 4.95. The Labute approximate surface area is 121 Å². The predicted molar refractivity (Wildman–Crippen MR) is 78.3 cm³/mol. The summed E-state index contributed by atoms with van der Waals surface area (Å²) in [6.45, 7) is 3.76. The topological polar surface area (TPSA) is 102 Å². The highest BCUT2D eigenvalue weighted by molar-refractivity contribution is 5.97. The number of nitrogen functional groups attached to an aromatic ring is 1. The van der Waals surface area contributed by atoms with E-state index >= 15 is 0 Å². The molecular formula is C14H16N4O3. The third kappa shape index (κ3) is 2.62. The van der Waals surface area contributed by atoms with E-state index in [0.717, 1.165) is 5.76 Å². The predicted octanol–water partition coefficient (Wildman–Crippen LogP) is 2.07. The van der Waals surface area contributed by atoms with Crippen LogP contribution in [0.1, 0.15) is 24.6 Å². The second kappa shape index (κ2) is 5.01. The molecule has 1 aromatic carbocycles. The Morgan fingerprint density at radius 2 is 2.29 bits per heavy atom. The van der Waals surface area contributed by atoms with Crippen LogP contribution in [0.4, 0.5) is 17.1 Å². The number of carbonyl (C=O) groups excluding carboxylic acids is 1. The highest BCUT2D eigenvalue weighted by atomic mass is 16.5. The zero-order valence-corrected chi connectivity index (χ0v) is 11.8. The van der Waals surface area contributed by atoms with Gasteiger partial charge in [-0.2, -0.15) is 0 Å². The smallest absolute Gasteiger partial charge is 0.262 e. The first kappa shape index (κ1) is 13.3. The van der Waals surface area contributed by atoms with Crippen molar-refractivity contribution in [1.29, 1.82) is 0 Å². The van der Waals surface area contributed by atoms with Gasteiger partial charge in [0.15, 0.2) is 6.61 Å². The summed E-state index contributed by atoms with van der Waals surface area (Å²) >= 11 is 0. The van der Waals surface area contributed by atoms with Gasteiger partial charge in [0.05, 0.1) is 23.3 Å². The largest absolute Gasteiger partial charge is 0.482 e. The van der Waals surface area contributed by atoms with E-state index in [-0.39, 0.29) is 18.6 Å². The van der Waals surface area contributed by atoms with Gasteiger partial charge in [0.1, 0.15) is 17.6 Å². The highest BCUT2D eigenvalue weighted by Crippen LogP contribution is 2.36. The second-order valence-electron chi connectivity index (χ2n) is 4.95. The third-order valence-corrected chi connectivity index (χ3v) is 3.17. The molecule has 2 heterocycles. The van der Waals surface area contributed by atoms with E-state index < -0.39 is 0 Å². The number of hydrogen-bond donors (Lipinski definition) is 3. The molecule has 0 saturated carbocycles. The quantitative estimate of drug-likeness (QED) is 0.747. The fourth-order valence-electron chi connectivity index (χ4n) is 2.13. The Balaban J connectivity index is 1.85. The number of fused-ring (bicyclic) bond motifs is 1. The molecule has 1 amide bonds. The van der Waals surface area contributed by atoms with E-state index in [1.165, 1.54) is 0 Å². The fraction of sp³-hybridized carbons (Fsp3) is 0.286. The van der Waals surface area contributed by atoms with Crippen molar-refractivity contribution in [2.75, 3.05) is 23.0 Å². The molecule has 0 fully saturated rings. The number of rotatable bonds is 3. The van der Waals surface area contributed by atoms with Crippen molar-refractivity contribution >= 4 is 23.0 Å². The van der Waals surface area contributed by atoms with Gasteiger partial charge in [0, 0.05) is 6.07 Å². The van der Waals surface area contributed by atoms with Crippen molar-refractivity contribution in [2.45, 2.75) is 19.9 Å². The zero-order valence-electron chi connectivity index (χ0n) is 11.8. The molecule has 0 aliphatic carbocycles. The number of aromatic nitrogens is 1. The molecule has 7 nitrogen and oxygen atoms in total. The molecule has 1 aliphatic heterocycles. The number of carbonyl (C=O) groups is 1. The summed E-state index contributed by atoms with van der Waals surface area (Å²) in [6, 6.07) is 3.28. The van der Waals surface area contributed by atoms with Crippen LogP contribution in [-0.2, 0) is 4.79 Å². The lowest BCUT2D eigenvalue weighted by molar-refractivity contribution is -0.118. The maximum absolute atomic E-state index is 11.4. The van der Waals surface area contributed by atoms with Crippen molar-refractivity contribution in [1.82, 2.24) is 4.98 Å². The first-order valence-electron chi connectivity index (χ1n) is 6.58. The van der Waals surface area contributed by atoms with Gasteiger partial charge >= 0.3 is 0 Å².